The standard InChI is InChI=1S/C13H16ClNO3/c1-9(16)15-7-6-10-2-4-11(5-3-10)8-12(14)13(17)18/h2-5,12H,6-8H2,1H3,(H,15,16)(H,17,18). The average molecular weight is 270 g/mol. The molecule has 1 aromatic carbocycles. The van der Waals surface area contributed by atoms with Crippen LogP contribution >= 0.6 is 11.6 Å². The molecule has 0 saturated carbocycles. The quantitative estimate of drug-likeness (QED) is 0.771. The average Bonchev–Trinajstić information content (AvgIpc) is 2.30. The van der Waals surface area contributed by atoms with Crippen LogP contribution < -0.4 is 5.32 Å². The Labute approximate surface area is 111 Å². The SMILES string of the molecule is CC(=O)NCCc1ccc(CC(Cl)C(=O)O)cc1. The van der Waals surface area contributed by atoms with Crippen LogP contribution in [0.2, 0.25) is 0 Å². The van der Waals surface area contributed by atoms with Crippen LogP contribution in [0, 0.1) is 0 Å². The number of carboxylic acids is 1. The monoisotopic (exact) mass is 269 g/mol. The number of alkyl halides is 1. The predicted molar refractivity (Wildman–Crippen MR) is 69.8 cm³/mol. The minimum Gasteiger partial charge on any atom is -0.480 e. The van der Waals surface area contributed by atoms with Gasteiger partial charge in [0.1, 0.15) is 5.38 Å². The van der Waals surface area contributed by atoms with Crippen LogP contribution in [0.25, 0.3) is 0 Å². The van der Waals surface area contributed by atoms with E-state index < -0.39 is 11.3 Å². The van der Waals surface area contributed by atoms with E-state index in [2.05, 4.69) is 5.32 Å². The van der Waals surface area contributed by atoms with Crippen molar-refractivity contribution < 1.29 is 14.7 Å². The Balaban J connectivity index is 2.47. The Kier molecular flexibility index (Phi) is 5.65. The highest BCUT2D eigenvalue weighted by Crippen LogP contribution is 2.10. The van der Waals surface area contributed by atoms with E-state index in [1.807, 2.05) is 24.3 Å². The molecule has 0 aliphatic heterocycles. The van der Waals surface area contributed by atoms with Crippen LogP contribution in [0.1, 0.15) is 18.1 Å². The number of aliphatic carboxylic acids is 1. The topological polar surface area (TPSA) is 66.4 Å². The summed E-state index contributed by atoms with van der Waals surface area (Å²) in [7, 11) is 0. The van der Waals surface area contributed by atoms with Gasteiger partial charge in [0.05, 0.1) is 0 Å². The number of halogens is 1. The van der Waals surface area contributed by atoms with Gasteiger partial charge in [0.25, 0.3) is 0 Å². The molecule has 4 nitrogen and oxygen atoms in total. The molecule has 0 bridgehead atoms. The zero-order valence-electron chi connectivity index (χ0n) is 10.1. The largest absolute Gasteiger partial charge is 0.480 e. The molecule has 1 aromatic rings. The van der Waals surface area contributed by atoms with E-state index in [0.29, 0.717) is 13.0 Å². The summed E-state index contributed by atoms with van der Waals surface area (Å²) in [5, 5.41) is 10.5. The van der Waals surface area contributed by atoms with Gasteiger partial charge in [0.2, 0.25) is 5.91 Å². The molecule has 1 rings (SSSR count). The van der Waals surface area contributed by atoms with Gasteiger partial charge in [0, 0.05) is 13.5 Å². The molecule has 18 heavy (non-hydrogen) atoms. The van der Waals surface area contributed by atoms with Crippen molar-refractivity contribution >= 4 is 23.5 Å². The van der Waals surface area contributed by atoms with Crippen LogP contribution in [0.15, 0.2) is 24.3 Å². The third-order valence-electron chi connectivity index (χ3n) is 2.49. The first-order valence-electron chi connectivity index (χ1n) is 5.68. The molecular formula is C13H16ClNO3. The van der Waals surface area contributed by atoms with E-state index in [4.69, 9.17) is 16.7 Å². The van der Waals surface area contributed by atoms with Gasteiger partial charge in [-0.1, -0.05) is 24.3 Å². The highest BCUT2D eigenvalue weighted by Gasteiger charge is 2.13. The summed E-state index contributed by atoms with van der Waals surface area (Å²) in [6.07, 6.45) is 1.06. The number of carboxylic acid groups (broad SMARTS) is 1. The molecule has 2 N–H and O–H groups in total. The fourth-order valence-corrected chi connectivity index (χ4v) is 1.70. The summed E-state index contributed by atoms with van der Waals surface area (Å²) in [6, 6.07) is 7.56. The molecular weight excluding hydrogens is 254 g/mol. The highest BCUT2D eigenvalue weighted by molar-refractivity contribution is 6.29. The maximum atomic E-state index is 10.7. The van der Waals surface area contributed by atoms with Crippen LogP contribution in [-0.2, 0) is 22.4 Å². The van der Waals surface area contributed by atoms with Crippen molar-refractivity contribution in [2.45, 2.75) is 25.1 Å². The Bertz CT molecular complexity index is 417. The molecule has 1 atom stereocenters. The number of benzene rings is 1. The molecule has 0 heterocycles. The molecule has 0 saturated heterocycles. The molecule has 0 spiro atoms. The van der Waals surface area contributed by atoms with Gasteiger partial charge in [-0.2, -0.15) is 0 Å². The van der Waals surface area contributed by atoms with E-state index in [1.54, 1.807) is 0 Å². The normalized spacial score (nSPS) is 11.9. The van der Waals surface area contributed by atoms with Crippen molar-refractivity contribution in [3.63, 3.8) is 0 Å². The maximum absolute atomic E-state index is 10.7. The van der Waals surface area contributed by atoms with Gasteiger partial charge in [-0.05, 0) is 24.0 Å². The molecule has 1 unspecified atom stereocenters. The molecule has 0 fully saturated rings. The van der Waals surface area contributed by atoms with E-state index >= 15 is 0 Å². The first-order valence-corrected chi connectivity index (χ1v) is 6.12. The second kappa shape index (κ2) is 7.01. The predicted octanol–water partition coefficient (Wildman–Crippen LogP) is 1.60. The number of amides is 1. The van der Waals surface area contributed by atoms with Gasteiger partial charge >= 0.3 is 5.97 Å². The van der Waals surface area contributed by atoms with Gasteiger partial charge in [-0.25, -0.2) is 0 Å². The highest BCUT2D eigenvalue weighted by atomic mass is 35.5. The number of hydrogen-bond donors (Lipinski definition) is 2. The zero-order chi connectivity index (χ0) is 13.5. The Hall–Kier alpha value is -1.55. The molecule has 0 aliphatic carbocycles. The van der Waals surface area contributed by atoms with E-state index in [0.717, 1.165) is 17.5 Å². The first-order chi connectivity index (χ1) is 8.49. The number of carbonyl (C=O) groups is 2. The van der Waals surface area contributed by atoms with Crippen LogP contribution in [0.4, 0.5) is 0 Å². The van der Waals surface area contributed by atoms with Gasteiger partial charge in [-0.15, -0.1) is 11.6 Å². The lowest BCUT2D eigenvalue weighted by atomic mass is 10.1. The molecule has 0 aromatic heterocycles. The van der Waals surface area contributed by atoms with E-state index in [9.17, 15) is 9.59 Å². The molecule has 0 radical (unpaired) electrons. The van der Waals surface area contributed by atoms with E-state index in [1.165, 1.54) is 6.92 Å². The summed E-state index contributed by atoms with van der Waals surface area (Å²) >= 11 is 5.66. The van der Waals surface area contributed by atoms with E-state index in [-0.39, 0.29) is 5.91 Å². The molecule has 98 valence electrons. The van der Waals surface area contributed by atoms with Gasteiger partial charge in [0.15, 0.2) is 0 Å². The lowest BCUT2D eigenvalue weighted by Crippen LogP contribution is -2.22. The van der Waals surface area contributed by atoms with Gasteiger partial charge in [-0.3, -0.25) is 9.59 Å². The number of hydrogen-bond acceptors (Lipinski definition) is 2. The minimum absolute atomic E-state index is 0.0435. The lowest BCUT2D eigenvalue weighted by Gasteiger charge is -2.06. The third kappa shape index (κ3) is 5.19. The summed E-state index contributed by atoms with van der Waals surface area (Å²) in [5.74, 6) is -1.05. The summed E-state index contributed by atoms with van der Waals surface area (Å²) in [4.78, 5) is 21.3. The first kappa shape index (κ1) is 14.5. The fourth-order valence-electron chi connectivity index (χ4n) is 1.52. The van der Waals surface area contributed by atoms with Crippen molar-refractivity contribution in [3.05, 3.63) is 35.4 Å². The van der Waals surface area contributed by atoms with Crippen molar-refractivity contribution in [1.82, 2.24) is 5.32 Å². The number of nitrogens with one attached hydrogen (secondary N) is 1. The van der Waals surface area contributed by atoms with Crippen LogP contribution in [0.3, 0.4) is 0 Å². The summed E-state index contributed by atoms with van der Waals surface area (Å²) < 4.78 is 0. The maximum Gasteiger partial charge on any atom is 0.321 e. The number of carbonyl (C=O) groups excluding carboxylic acids is 1. The van der Waals surface area contributed by atoms with Crippen molar-refractivity contribution in [3.8, 4) is 0 Å². The van der Waals surface area contributed by atoms with Crippen LogP contribution in [-0.4, -0.2) is 28.9 Å². The molecule has 0 aliphatic rings. The van der Waals surface area contributed by atoms with Crippen LogP contribution in [0.5, 0.6) is 0 Å². The van der Waals surface area contributed by atoms with Crippen molar-refractivity contribution in [2.24, 2.45) is 0 Å². The summed E-state index contributed by atoms with van der Waals surface area (Å²) in [6.45, 7) is 2.08. The fraction of sp³-hybridized carbons (Fsp3) is 0.385. The lowest BCUT2D eigenvalue weighted by molar-refractivity contribution is -0.136. The number of rotatable bonds is 6. The zero-order valence-corrected chi connectivity index (χ0v) is 10.9. The smallest absolute Gasteiger partial charge is 0.321 e. The second-order valence-corrected chi connectivity index (χ2v) is 4.59. The van der Waals surface area contributed by atoms with Crippen molar-refractivity contribution in [1.29, 1.82) is 0 Å². The molecule has 5 heteroatoms. The third-order valence-corrected chi connectivity index (χ3v) is 2.83. The second-order valence-electron chi connectivity index (χ2n) is 4.06. The van der Waals surface area contributed by atoms with Gasteiger partial charge < -0.3 is 10.4 Å². The molecule has 1 amide bonds. The van der Waals surface area contributed by atoms with Crippen molar-refractivity contribution in [2.75, 3.05) is 6.54 Å². The Morgan fingerprint density at radius 2 is 1.83 bits per heavy atom. The Morgan fingerprint density at radius 3 is 2.33 bits per heavy atom. The summed E-state index contributed by atoms with van der Waals surface area (Å²) in [5.41, 5.74) is 1.98. The minimum atomic E-state index is -1.01. The Morgan fingerprint density at radius 1 is 1.28 bits per heavy atom.